The summed E-state index contributed by atoms with van der Waals surface area (Å²) in [6.07, 6.45) is 12.8. The van der Waals surface area contributed by atoms with Crippen LogP contribution in [0.5, 0.6) is 0 Å². The minimum Gasteiger partial charge on any atom is -0.369 e. The molecule has 0 saturated carbocycles. The Bertz CT molecular complexity index is 1430. The van der Waals surface area contributed by atoms with E-state index < -0.39 is 0 Å². The lowest BCUT2D eigenvalue weighted by Gasteiger charge is -2.45. The van der Waals surface area contributed by atoms with Crippen LogP contribution >= 0.6 is 0 Å². The molecule has 3 aromatic heterocycles. The monoisotopic (exact) mass is 485 g/mol. The van der Waals surface area contributed by atoms with Crippen molar-refractivity contribution in [1.29, 1.82) is 0 Å². The first kappa shape index (κ1) is 22.1. The topological polar surface area (TPSA) is 52.8 Å². The second-order valence-electron chi connectivity index (χ2n) is 10.8. The second kappa shape index (κ2) is 8.49. The van der Waals surface area contributed by atoms with E-state index in [0.717, 1.165) is 53.0 Å². The summed E-state index contributed by atoms with van der Waals surface area (Å²) >= 11 is 0. The smallest absolute Gasteiger partial charge is 0.162 e. The molecule has 36 heavy (non-hydrogen) atoms. The van der Waals surface area contributed by atoms with Gasteiger partial charge in [-0.15, -0.1) is 0 Å². The molecule has 1 aromatic carbocycles. The van der Waals surface area contributed by atoms with Gasteiger partial charge in [0.05, 0.1) is 29.8 Å². The van der Waals surface area contributed by atoms with E-state index in [2.05, 4.69) is 38.0 Å². The van der Waals surface area contributed by atoms with E-state index in [4.69, 9.17) is 4.98 Å². The largest absolute Gasteiger partial charge is 0.369 e. The van der Waals surface area contributed by atoms with Gasteiger partial charge >= 0.3 is 0 Å². The fraction of sp³-hybridized carbons (Fsp3) is 0.464. The average molecular weight is 486 g/mol. The third kappa shape index (κ3) is 3.58. The number of likely N-dealkylation sites (N-methyl/N-ethyl adjacent to an activating group) is 1. The molecule has 0 amide bonds. The molecule has 7 nitrogen and oxygen atoms in total. The molecule has 186 valence electrons. The molecule has 4 aromatic rings. The molecule has 3 aliphatic rings. The van der Waals surface area contributed by atoms with Crippen molar-refractivity contribution in [2.75, 3.05) is 38.1 Å². The van der Waals surface area contributed by atoms with Crippen molar-refractivity contribution in [2.45, 2.75) is 50.7 Å². The van der Waals surface area contributed by atoms with Gasteiger partial charge in [-0.1, -0.05) is 0 Å². The normalized spacial score (nSPS) is 23.8. The Morgan fingerprint density at radius 2 is 1.69 bits per heavy atom. The highest BCUT2D eigenvalue weighted by Gasteiger charge is 2.40. The molecule has 0 N–H and O–H groups in total. The number of likely N-dealkylation sites (tertiary alicyclic amines) is 1. The standard InChI is InChI=1S/C28H32FN7/c1-18-11-24-23(5-8-30-27(24)12-26(18)29)25-14-32-36-17-22(13-31-28(25)36)34-9-6-19(7-10-34)35-15-20-3-4-21(16-35)33(20)2/h5,8,11-14,17,19-21H,3-4,6-7,9-10,15-16H2,1-2H3. The van der Waals surface area contributed by atoms with Crippen LogP contribution in [-0.2, 0) is 0 Å². The van der Waals surface area contributed by atoms with Crippen molar-refractivity contribution in [1.82, 2.24) is 29.4 Å². The maximum Gasteiger partial charge on any atom is 0.162 e. The molecule has 8 heteroatoms. The average Bonchev–Trinajstić information content (AvgIpc) is 3.38. The highest BCUT2D eigenvalue weighted by molar-refractivity contribution is 5.98. The Kier molecular flexibility index (Phi) is 5.22. The Labute approximate surface area is 210 Å². The first-order chi connectivity index (χ1) is 17.5. The fourth-order valence-corrected chi connectivity index (χ4v) is 6.66. The van der Waals surface area contributed by atoms with Gasteiger partial charge in [-0.2, -0.15) is 5.10 Å². The minimum atomic E-state index is -0.237. The molecule has 7 rings (SSSR count). The summed E-state index contributed by atoms with van der Waals surface area (Å²) in [5.41, 5.74) is 5.07. The zero-order valence-electron chi connectivity index (χ0n) is 20.9. The number of hydrogen-bond donors (Lipinski definition) is 0. The first-order valence-corrected chi connectivity index (χ1v) is 13.1. The second-order valence-corrected chi connectivity index (χ2v) is 10.8. The summed E-state index contributed by atoms with van der Waals surface area (Å²) in [6.45, 7) is 6.35. The molecule has 0 spiro atoms. The number of fused-ring (bicyclic) bond motifs is 4. The molecular weight excluding hydrogens is 453 g/mol. The zero-order chi connectivity index (χ0) is 24.4. The van der Waals surface area contributed by atoms with E-state index in [-0.39, 0.29) is 5.82 Å². The van der Waals surface area contributed by atoms with Gasteiger partial charge in [-0.25, -0.2) is 13.9 Å². The van der Waals surface area contributed by atoms with Crippen LogP contribution in [0.1, 0.15) is 31.2 Å². The number of hydrogen-bond acceptors (Lipinski definition) is 6. The number of halogens is 1. The first-order valence-electron chi connectivity index (χ1n) is 13.1. The van der Waals surface area contributed by atoms with E-state index >= 15 is 0 Å². The van der Waals surface area contributed by atoms with Crippen LogP contribution in [0.15, 0.2) is 43.0 Å². The van der Waals surface area contributed by atoms with Crippen molar-refractivity contribution in [3.05, 3.63) is 54.4 Å². The van der Waals surface area contributed by atoms with Gasteiger partial charge in [0.15, 0.2) is 5.65 Å². The van der Waals surface area contributed by atoms with Crippen LogP contribution in [-0.4, -0.2) is 80.7 Å². The molecule has 3 fully saturated rings. The molecular formula is C28H32FN7. The predicted octanol–water partition coefficient (Wildman–Crippen LogP) is 4.14. The van der Waals surface area contributed by atoms with Gasteiger partial charge < -0.3 is 4.90 Å². The van der Waals surface area contributed by atoms with Gasteiger partial charge in [-0.3, -0.25) is 14.8 Å². The summed E-state index contributed by atoms with van der Waals surface area (Å²) in [7, 11) is 2.31. The van der Waals surface area contributed by atoms with E-state index in [1.807, 2.05) is 29.0 Å². The summed E-state index contributed by atoms with van der Waals surface area (Å²) in [4.78, 5) is 17.0. The quantitative estimate of drug-likeness (QED) is 0.435. The van der Waals surface area contributed by atoms with E-state index in [1.54, 1.807) is 13.1 Å². The van der Waals surface area contributed by atoms with Crippen LogP contribution in [0.4, 0.5) is 10.1 Å². The summed E-state index contributed by atoms with van der Waals surface area (Å²) in [5, 5.41) is 5.55. The van der Waals surface area contributed by atoms with Crippen LogP contribution in [0, 0.1) is 12.7 Å². The molecule has 3 saturated heterocycles. The van der Waals surface area contributed by atoms with Gasteiger partial charge in [0.1, 0.15) is 5.82 Å². The maximum atomic E-state index is 14.1. The van der Waals surface area contributed by atoms with E-state index in [1.165, 1.54) is 44.8 Å². The Morgan fingerprint density at radius 1 is 0.917 bits per heavy atom. The van der Waals surface area contributed by atoms with Gasteiger partial charge in [0, 0.05) is 67.5 Å². The third-order valence-corrected chi connectivity index (χ3v) is 8.88. The van der Waals surface area contributed by atoms with Crippen molar-refractivity contribution in [3.63, 3.8) is 0 Å². The number of anilines is 1. The molecule has 0 radical (unpaired) electrons. The van der Waals surface area contributed by atoms with Crippen molar-refractivity contribution < 1.29 is 4.39 Å². The molecule has 0 aliphatic carbocycles. The fourth-order valence-electron chi connectivity index (χ4n) is 6.66. The Morgan fingerprint density at radius 3 is 2.47 bits per heavy atom. The van der Waals surface area contributed by atoms with Gasteiger partial charge in [-0.05, 0) is 62.9 Å². The number of aryl methyl sites for hydroxylation is 1. The molecule has 2 atom stereocenters. The SMILES string of the molecule is Cc1cc2c(-c3cnn4cc(N5CCC(N6CC7CCC(C6)N7C)CC5)cnc34)ccnc2cc1F. The lowest BCUT2D eigenvalue weighted by molar-refractivity contribution is 0.0495. The zero-order valence-corrected chi connectivity index (χ0v) is 20.9. The number of rotatable bonds is 3. The lowest BCUT2D eigenvalue weighted by Crippen LogP contribution is -2.56. The third-order valence-electron chi connectivity index (χ3n) is 8.88. The maximum absolute atomic E-state index is 14.1. The van der Waals surface area contributed by atoms with Crippen molar-refractivity contribution in [2.24, 2.45) is 0 Å². The van der Waals surface area contributed by atoms with E-state index in [9.17, 15) is 4.39 Å². The number of piperidine rings is 1. The number of benzene rings is 1. The summed E-state index contributed by atoms with van der Waals surface area (Å²) < 4.78 is 16.0. The summed E-state index contributed by atoms with van der Waals surface area (Å²) in [5.74, 6) is -0.237. The number of pyridine rings is 1. The summed E-state index contributed by atoms with van der Waals surface area (Å²) in [6, 6.07) is 7.52. The molecule has 3 aliphatic heterocycles. The minimum absolute atomic E-state index is 0.237. The molecule has 2 unspecified atom stereocenters. The highest BCUT2D eigenvalue weighted by atomic mass is 19.1. The predicted molar refractivity (Wildman–Crippen MR) is 140 cm³/mol. The van der Waals surface area contributed by atoms with Gasteiger partial charge in [0.25, 0.3) is 0 Å². The van der Waals surface area contributed by atoms with Crippen LogP contribution in [0.25, 0.3) is 27.7 Å². The number of nitrogens with zero attached hydrogens (tertiary/aromatic N) is 7. The molecule has 6 heterocycles. The lowest BCUT2D eigenvalue weighted by atomic mass is 10.0. The highest BCUT2D eigenvalue weighted by Crippen LogP contribution is 2.34. The van der Waals surface area contributed by atoms with Crippen LogP contribution in [0.2, 0.25) is 0 Å². The van der Waals surface area contributed by atoms with E-state index in [0.29, 0.717) is 17.1 Å². The van der Waals surface area contributed by atoms with Gasteiger partial charge in [0.2, 0.25) is 0 Å². The van der Waals surface area contributed by atoms with Crippen LogP contribution in [0.3, 0.4) is 0 Å². The van der Waals surface area contributed by atoms with Crippen molar-refractivity contribution in [3.8, 4) is 11.1 Å². The molecule has 2 bridgehead atoms. The number of piperazine rings is 1. The van der Waals surface area contributed by atoms with Crippen molar-refractivity contribution >= 4 is 22.2 Å². The van der Waals surface area contributed by atoms with Crippen LogP contribution < -0.4 is 4.90 Å². The number of aromatic nitrogens is 4. The Hall–Kier alpha value is -3.10. The Balaban J connectivity index is 1.11.